The lowest BCUT2D eigenvalue weighted by molar-refractivity contribution is 0.100. The fourth-order valence-corrected chi connectivity index (χ4v) is 4.82. The molecule has 47 heavy (non-hydrogen) atoms. The van der Waals surface area contributed by atoms with E-state index in [0.717, 1.165) is 33.6 Å². The summed E-state index contributed by atoms with van der Waals surface area (Å²) in [6.45, 7) is 4.58. The molecule has 0 atom stereocenters. The molecule has 0 radical (unpaired) electrons. The summed E-state index contributed by atoms with van der Waals surface area (Å²) in [4.78, 5) is 32.9. The van der Waals surface area contributed by atoms with Gasteiger partial charge in [-0.05, 0) is 102 Å². The van der Waals surface area contributed by atoms with Crippen molar-refractivity contribution in [1.82, 2.24) is 0 Å². The maximum atomic E-state index is 11.2. The first-order valence-corrected chi connectivity index (χ1v) is 15.0. The molecule has 0 fully saturated rings. The quantitative estimate of drug-likeness (QED) is 0.164. The topological polar surface area (TPSA) is 78.9 Å². The Balaban J connectivity index is 0.000000166. The summed E-state index contributed by atoms with van der Waals surface area (Å²) in [5, 5.41) is 4.53. The van der Waals surface area contributed by atoms with E-state index in [1.165, 1.54) is 35.7 Å². The first-order chi connectivity index (χ1) is 22.6. The van der Waals surface area contributed by atoms with Gasteiger partial charge in [0.15, 0.2) is 17.3 Å². The zero-order valence-electron chi connectivity index (χ0n) is 27.5. The summed E-state index contributed by atoms with van der Waals surface area (Å²) in [6, 6.07) is 38.8. The summed E-state index contributed by atoms with van der Waals surface area (Å²) >= 11 is 0. The Morgan fingerprint density at radius 2 is 0.702 bits per heavy atom. The van der Waals surface area contributed by atoms with Gasteiger partial charge < -0.3 is 14.2 Å². The van der Waals surface area contributed by atoms with E-state index in [2.05, 4.69) is 36.4 Å². The third kappa shape index (κ3) is 9.14. The van der Waals surface area contributed by atoms with E-state index in [4.69, 9.17) is 14.2 Å². The van der Waals surface area contributed by atoms with Crippen molar-refractivity contribution in [1.29, 1.82) is 0 Å². The average Bonchev–Trinajstić information content (AvgIpc) is 3.11. The zero-order valence-corrected chi connectivity index (χ0v) is 27.5. The second kappa shape index (κ2) is 16.0. The Bertz CT molecular complexity index is 1970. The van der Waals surface area contributed by atoms with Crippen molar-refractivity contribution in [3.8, 4) is 28.4 Å². The largest absolute Gasteiger partial charge is 0.497 e. The van der Waals surface area contributed by atoms with Crippen LogP contribution in [0.15, 0.2) is 121 Å². The minimum absolute atomic E-state index is 0.0186. The molecule has 0 amide bonds. The van der Waals surface area contributed by atoms with Crippen LogP contribution in [-0.2, 0) is 0 Å². The predicted octanol–water partition coefficient (Wildman–Crippen LogP) is 9.67. The number of carbonyl (C=O) groups is 3. The number of benzene rings is 6. The van der Waals surface area contributed by atoms with Crippen molar-refractivity contribution in [2.24, 2.45) is 0 Å². The van der Waals surface area contributed by atoms with E-state index in [1.807, 2.05) is 60.7 Å². The summed E-state index contributed by atoms with van der Waals surface area (Å²) in [5.41, 5.74) is 4.40. The molecule has 0 aliphatic rings. The number of hydrogen-bond acceptors (Lipinski definition) is 6. The van der Waals surface area contributed by atoms with Crippen LogP contribution in [0.5, 0.6) is 17.2 Å². The Labute approximate surface area is 275 Å². The molecule has 0 N–H and O–H groups in total. The molecule has 0 aliphatic heterocycles. The van der Waals surface area contributed by atoms with Gasteiger partial charge in [0.2, 0.25) is 0 Å². The Morgan fingerprint density at radius 1 is 0.362 bits per heavy atom. The predicted molar refractivity (Wildman–Crippen MR) is 189 cm³/mol. The van der Waals surface area contributed by atoms with E-state index in [9.17, 15) is 14.4 Å². The van der Waals surface area contributed by atoms with Crippen molar-refractivity contribution in [3.05, 3.63) is 138 Å². The molecule has 6 rings (SSSR count). The molecular weight excluding hydrogens is 588 g/mol. The van der Waals surface area contributed by atoms with Gasteiger partial charge in [0, 0.05) is 16.7 Å². The van der Waals surface area contributed by atoms with Gasteiger partial charge in [0.1, 0.15) is 17.2 Å². The maximum Gasteiger partial charge on any atom is 0.159 e. The molecule has 0 aromatic heterocycles. The van der Waals surface area contributed by atoms with Crippen LogP contribution in [0.2, 0.25) is 0 Å². The molecule has 0 saturated carbocycles. The monoisotopic (exact) mass is 626 g/mol. The third-order valence-electron chi connectivity index (χ3n) is 7.62. The molecule has 0 bridgehead atoms. The van der Waals surface area contributed by atoms with E-state index >= 15 is 0 Å². The van der Waals surface area contributed by atoms with Gasteiger partial charge in [-0.1, -0.05) is 72.8 Å². The fourth-order valence-electron chi connectivity index (χ4n) is 4.82. The second-order valence-corrected chi connectivity index (χ2v) is 10.8. The highest BCUT2D eigenvalue weighted by Gasteiger charge is 2.04. The van der Waals surface area contributed by atoms with Crippen LogP contribution in [0, 0.1) is 0 Å². The molecule has 6 aromatic carbocycles. The number of hydrogen-bond donors (Lipinski definition) is 0. The third-order valence-corrected chi connectivity index (χ3v) is 7.62. The van der Waals surface area contributed by atoms with Crippen LogP contribution in [0.4, 0.5) is 0 Å². The first-order valence-electron chi connectivity index (χ1n) is 15.0. The summed E-state index contributed by atoms with van der Waals surface area (Å²) in [7, 11) is 5.01. The number of Topliss-reactive ketones (excluding diaryl/α,β-unsaturated/α-hetero) is 3. The first kappa shape index (κ1) is 34.1. The number of rotatable bonds is 7. The normalized spacial score (nSPS) is 10.2. The molecule has 0 unspecified atom stereocenters. The van der Waals surface area contributed by atoms with Crippen LogP contribution in [0.1, 0.15) is 51.8 Å². The highest BCUT2D eigenvalue weighted by atomic mass is 16.5. The maximum absolute atomic E-state index is 11.2. The molecule has 6 heteroatoms. The van der Waals surface area contributed by atoms with Crippen LogP contribution >= 0.6 is 0 Å². The number of ether oxygens (including phenoxy) is 3. The lowest BCUT2D eigenvalue weighted by Gasteiger charge is -2.07. The molecule has 6 aromatic rings. The number of methoxy groups -OCH3 is 3. The van der Waals surface area contributed by atoms with Gasteiger partial charge in [-0.2, -0.15) is 0 Å². The van der Waals surface area contributed by atoms with E-state index < -0.39 is 0 Å². The van der Waals surface area contributed by atoms with Crippen LogP contribution in [-0.4, -0.2) is 38.7 Å². The SMILES string of the molecule is CC(=O)c1ccc(C(C)=O)cc1.COc1ccc(-c2ccc3cc(OC)ccc3c2)cc1.COc1ccc2cc(C(C)=O)ccc2c1. The molecule has 6 nitrogen and oxygen atoms in total. The number of ketones is 3. The van der Waals surface area contributed by atoms with Gasteiger partial charge in [-0.15, -0.1) is 0 Å². The molecule has 0 saturated heterocycles. The molecule has 0 heterocycles. The van der Waals surface area contributed by atoms with Crippen molar-refractivity contribution in [2.45, 2.75) is 20.8 Å². The standard InChI is InChI=1S/C18H16O2.C13H12O2.C10H10O2/c1-19-17-8-5-13(6-9-17)14-3-4-16-12-18(20-2)10-7-15(16)11-14;1-9(14)10-3-4-12-8-13(15-2)6-5-11(12)7-10;1-7(11)9-3-5-10(6-4-9)8(2)12/h3-12H,1-2H3;3-8H,1-2H3;3-6H,1-2H3. The highest BCUT2D eigenvalue weighted by Crippen LogP contribution is 2.28. The van der Waals surface area contributed by atoms with Crippen molar-refractivity contribution >= 4 is 38.9 Å². The fraction of sp³-hybridized carbons (Fsp3) is 0.146. The highest BCUT2D eigenvalue weighted by molar-refractivity contribution is 5.99. The molecule has 0 spiro atoms. The van der Waals surface area contributed by atoms with Gasteiger partial charge in [0.25, 0.3) is 0 Å². The van der Waals surface area contributed by atoms with E-state index in [1.54, 1.807) is 52.5 Å². The Hall–Kier alpha value is -5.75. The van der Waals surface area contributed by atoms with Gasteiger partial charge >= 0.3 is 0 Å². The van der Waals surface area contributed by atoms with Gasteiger partial charge in [0.05, 0.1) is 21.3 Å². The lowest BCUT2D eigenvalue weighted by Crippen LogP contribution is -1.95. The average molecular weight is 627 g/mol. The number of carbonyl (C=O) groups excluding carboxylic acids is 3. The van der Waals surface area contributed by atoms with Crippen molar-refractivity contribution in [3.63, 3.8) is 0 Å². The second-order valence-electron chi connectivity index (χ2n) is 10.8. The van der Waals surface area contributed by atoms with Crippen LogP contribution < -0.4 is 14.2 Å². The van der Waals surface area contributed by atoms with E-state index in [-0.39, 0.29) is 17.3 Å². The summed E-state index contributed by atoms with van der Waals surface area (Å²) < 4.78 is 15.6. The lowest BCUT2D eigenvalue weighted by atomic mass is 10.0. The van der Waals surface area contributed by atoms with Gasteiger partial charge in [-0.3, -0.25) is 14.4 Å². The smallest absolute Gasteiger partial charge is 0.159 e. The minimum atomic E-state index is 0.0186. The van der Waals surface area contributed by atoms with Crippen LogP contribution in [0.3, 0.4) is 0 Å². The van der Waals surface area contributed by atoms with Crippen LogP contribution in [0.25, 0.3) is 32.7 Å². The number of fused-ring (bicyclic) bond motifs is 2. The summed E-state index contributed by atoms with van der Waals surface area (Å²) in [5.74, 6) is 2.72. The Morgan fingerprint density at radius 3 is 1.15 bits per heavy atom. The van der Waals surface area contributed by atoms with Crippen molar-refractivity contribution in [2.75, 3.05) is 21.3 Å². The van der Waals surface area contributed by atoms with E-state index in [0.29, 0.717) is 11.1 Å². The van der Waals surface area contributed by atoms with Gasteiger partial charge in [-0.25, -0.2) is 0 Å². The molecule has 0 aliphatic carbocycles. The Kier molecular flexibility index (Phi) is 11.6. The van der Waals surface area contributed by atoms with Crippen molar-refractivity contribution < 1.29 is 28.6 Å². The summed E-state index contributed by atoms with van der Waals surface area (Å²) in [6.07, 6.45) is 0. The molecule has 238 valence electrons. The minimum Gasteiger partial charge on any atom is -0.497 e. The molecular formula is C41H38O6. The zero-order chi connectivity index (χ0) is 33.9.